The number of halogens is 3. The summed E-state index contributed by atoms with van der Waals surface area (Å²) < 4.78 is 36.4. The van der Waals surface area contributed by atoms with Gasteiger partial charge in [0.1, 0.15) is 5.78 Å². The molecular weight excluding hydrogens is 219 g/mol. The van der Waals surface area contributed by atoms with Gasteiger partial charge < -0.3 is 0 Å². The highest BCUT2D eigenvalue weighted by molar-refractivity contribution is 5.86. The van der Waals surface area contributed by atoms with Crippen molar-refractivity contribution in [1.82, 2.24) is 4.90 Å². The first kappa shape index (κ1) is 13.5. The van der Waals surface area contributed by atoms with Crippen LogP contribution in [-0.2, 0) is 4.79 Å². The van der Waals surface area contributed by atoms with Gasteiger partial charge in [0.15, 0.2) is 0 Å². The van der Waals surface area contributed by atoms with E-state index in [1.807, 2.05) is 20.8 Å². The number of likely N-dealkylation sites (tertiary alicyclic amines) is 1. The second-order valence-electron chi connectivity index (χ2n) is 5.45. The van der Waals surface area contributed by atoms with Gasteiger partial charge in [-0.05, 0) is 13.0 Å². The average Bonchev–Trinajstić information content (AvgIpc) is 2.46. The summed E-state index contributed by atoms with van der Waals surface area (Å²) in [6, 6.07) is 0. The summed E-state index contributed by atoms with van der Waals surface area (Å²) in [7, 11) is 0. The second-order valence-corrected chi connectivity index (χ2v) is 5.45. The van der Waals surface area contributed by atoms with E-state index in [1.165, 1.54) is 4.90 Å². The molecule has 0 aromatic rings. The van der Waals surface area contributed by atoms with E-state index in [9.17, 15) is 18.0 Å². The van der Waals surface area contributed by atoms with Crippen molar-refractivity contribution in [2.24, 2.45) is 11.3 Å². The number of ketones is 1. The number of hydrogen-bond donors (Lipinski definition) is 0. The molecule has 0 amide bonds. The Labute approximate surface area is 93.8 Å². The van der Waals surface area contributed by atoms with Crippen molar-refractivity contribution in [2.45, 2.75) is 33.4 Å². The van der Waals surface area contributed by atoms with Crippen LogP contribution in [0.4, 0.5) is 13.2 Å². The summed E-state index contributed by atoms with van der Waals surface area (Å²) >= 11 is 0. The quantitative estimate of drug-likeness (QED) is 0.735. The fraction of sp³-hybridized carbons (Fsp3) is 0.909. The number of nitrogens with zero attached hydrogens (tertiary/aromatic N) is 1. The normalized spacial score (nSPS) is 23.8. The van der Waals surface area contributed by atoms with E-state index in [1.54, 1.807) is 0 Å². The Morgan fingerprint density at radius 1 is 1.31 bits per heavy atom. The molecule has 0 spiro atoms. The molecule has 94 valence electrons. The van der Waals surface area contributed by atoms with Crippen LogP contribution in [0.25, 0.3) is 0 Å². The highest BCUT2D eigenvalue weighted by atomic mass is 19.4. The molecular formula is C11H18F3NO. The van der Waals surface area contributed by atoms with Gasteiger partial charge >= 0.3 is 6.18 Å². The van der Waals surface area contributed by atoms with Crippen molar-refractivity contribution < 1.29 is 18.0 Å². The van der Waals surface area contributed by atoms with Crippen LogP contribution in [0.3, 0.4) is 0 Å². The second kappa shape index (κ2) is 4.35. The molecule has 1 rings (SSSR count). The Morgan fingerprint density at radius 3 is 2.31 bits per heavy atom. The molecule has 1 aliphatic heterocycles. The molecule has 1 saturated heterocycles. The molecule has 1 atom stereocenters. The molecule has 1 heterocycles. The molecule has 0 N–H and O–H groups in total. The Morgan fingerprint density at radius 2 is 1.88 bits per heavy atom. The number of rotatable bonds is 2. The van der Waals surface area contributed by atoms with Gasteiger partial charge in [0, 0.05) is 17.9 Å². The maximum Gasteiger partial charge on any atom is 0.401 e. The summed E-state index contributed by atoms with van der Waals surface area (Å²) in [5.41, 5.74) is -0.459. The molecule has 0 aromatic heterocycles. The van der Waals surface area contributed by atoms with E-state index in [-0.39, 0.29) is 18.2 Å². The third kappa shape index (κ3) is 3.77. The first-order valence-corrected chi connectivity index (χ1v) is 5.43. The molecule has 0 aliphatic carbocycles. The summed E-state index contributed by atoms with van der Waals surface area (Å²) in [6.07, 6.45) is -3.62. The Balaban J connectivity index is 2.50. The van der Waals surface area contributed by atoms with Crippen LogP contribution in [0.2, 0.25) is 0 Å². The Bertz CT molecular complexity index is 267. The van der Waals surface area contributed by atoms with Crippen LogP contribution >= 0.6 is 0 Å². The topological polar surface area (TPSA) is 20.3 Å². The van der Waals surface area contributed by atoms with Crippen molar-refractivity contribution in [3.8, 4) is 0 Å². The van der Waals surface area contributed by atoms with Gasteiger partial charge in [0.05, 0.1) is 6.54 Å². The van der Waals surface area contributed by atoms with Crippen molar-refractivity contribution in [3.63, 3.8) is 0 Å². The van der Waals surface area contributed by atoms with E-state index in [4.69, 9.17) is 0 Å². The summed E-state index contributed by atoms with van der Waals surface area (Å²) in [5, 5.41) is 0. The highest BCUT2D eigenvalue weighted by Crippen LogP contribution is 2.28. The van der Waals surface area contributed by atoms with E-state index in [0.29, 0.717) is 13.0 Å². The summed E-state index contributed by atoms with van der Waals surface area (Å²) in [6.45, 7) is 5.13. The van der Waals surface area contributed by atoms with Gasteiger partial charge in [0.2, 0.25) is 0 Å². The molecule has 1 unspecified atom stereocenters. The van der Waals surface area contributed by atoms with Crippen molar-refractivity contribution >= 4 is 5.78 Å². The maximum atomic E-state index is 12.1. The van der Waals surface area contributed by atoms with Gasteiger partial charge in [-0.25, -0.2) is 0 Å². The van der Waals surface area contributed by atoms with Crippen molar-refractivity contribution in [3.05, 3.63) is 0 Å². The summed E-state index contributed by atoms with van der Waals surface area (Å²) in [4.78, 5) is 13.2. The molecule has 1 fully saturated rings. The molecule has 0 saturated carbocycles. The fourth-order valence-electron chi connectivity index (χ4n) is 2.06. The van der Waals surface area contributed by atoms with Gasteiger partial charge in [-0.15, -0.1) is 0 Å². The van der Waals surface area contributed by atoms with Crippen molar-refractivity contribution in [2.75, 3.05) is 19.6 Å². The zero-order valence-corrected chi connectivity index (χ0v) is 9.90. The predicted octanol–water partition coefficient (Wildman–Crippen LogP) is 2.49. The third-order valence-electron chi connectivity index (χ3n) is 2.79. The molecule has 1 aliphatic rings. The van der Waals surface area contributed by atoms with E-state index >= 15 is 0 Å². The highest BCUT2D eigenvalue weighted by Gasteiger charge is 2.38. The van der Waals surface area contributed by atoms with Crippen LogP contribution in [0.15, 0.2) is 0 Å². The van der Waals surface area contributed by atoms with Crippen LogP contribution in [-0.4, -0.2) is 36.5 Å². The van der Waals surface area contributed by atoms with Crippen LogP contribution in [0.1, 0.15) is 27.2 Å². The minimum Gasteiger partial charge on any atom is -0.299 e. The minimum atomic E-state index is -4.17. The summed E-state index contributed by atoms with van der Waals surface area (Å²) in [5.74, 6) is -0.167. The fourth-order valence-corrected chi connectivity index (χ4v) is 2.06. The Hall–Kier alpha value is -0.580. The number of carbonyl (C=O) groups is 1. The lowest BCUT2D eigenvalue weighted by Crippen LogP contribution is -2.35. The molecule has 0 radical (unpaired) electrons. The predicted molar refractivity (Wildman–Crippen MR) is 55.1 cm³/mol. The molecule has 0 aromatic carbocycles. The zero-order chi connectivity index (χ0) is 12.6. The molecule has 16 heavy (non-hydrogen) atoms. The third-order valence-corrected chi connectivity index (χ3v) is 2.79. The van der Waals surface area contributed by atoms with Crippen LogP contribution in [0, 0.1) is 11.3 Å². The van der Waals surface area contributed by atoms with Gasteiger partial charge in [0.25, 0.3) is 0 Å². The van der Waals surface area contributed by atoms with Gasteiger partial charge in [-0.2, -0.15) is 13.2 Å². The molecule has 0 bridgehead atoms. The lowest BCUT2D eigenvalue weighted by molar-refractivity contribution is -0.145. The number of hydrogen-bond acceptors (Lipinski definition) is 2. The van der Waals surface area contributed by atoms with Gasteiger partial charge in [-0.3, -0.25) is 9.69 Å². The van der Waals surface area contributed by atoms with Crippen LogP contribution in [0.5, 0.6) is 0 Å². The lowest BCUT2D eigenvalue weighted by Gasteiger charge is -2.22. The zero-order valence-electron chi connectivity index (χ0n) is 9.90. The first-order valence-electron chi connectivity index (χ1n) is 5.43. The SMILES string of the molecule is CC(C)(C)C(=O)C1CCN(CC(F)(F)F)C1. The van der Waals surface area contributed by atoms with Crippen LogP contribution < -0.4 is 0 Å². The maximum absolute atomic E-state index is 12.1. The standard InChI is InChI=1S/C11H18F3NO/c1-10(2,3)9(16)8-4-5-15(6-8)7-11(12,13)14/h8H,4-7H2,1-3H3. The Kier molecular flexibility index (Phi) is 3.67. The van der Waals surface area contributed by atoms with E-state index < -0.39 is 18.1 Å². The van der Waals surface area contributed by atoms with Crippen molar-refractivity contribution in [1.29, 1.82) is 0 Å². The number of carbonyl (C=O) groups excluding carboxylic acids is 1. The average molecular weight is 237 g/mol. The lowest BCUT2D eigenvalue weighted by atomic mass is 9.83. The van der Waals surface area contributed by atoms with Gasteiger partial charge in [-0.1, -0.05) is 20.8 Å². The number of Topliss-reactive ketones (excluding diaryl/α,β-unsaturated/α-hetero) is 1. The monoisotopic (exact) mass is 237 g/mol. The van der Waals surface area contributed by atoms with E-state index in [0.717, 1.165) is 0 Å². The number of alkyl halides is 3. The molecule has 5 heteroatoms. The smallest absolute Gasteiger partial charge is 0.299 e. The first-order chi connectivity index (χ1) is 7.09. The largest absolute Gasteiger partial charge is 0.401 e. The minimum absolute atomic E-state index is 0.0668. The van der Waals surface area contributed by atoms with E-state index in [2.05, 4.69) is 0 Å². The molecule has 2 nitrogen and oxygen atoms in total.